The smallest absolute Gasteiger partial charge is 0.322 e. The van der Waals surface area contributed by atoms with Crippen LogP contribution in [0.5, 0.6) is 11.5 Å². The van der Waals surface area contributed by atoms with E-state index in [2.05, 4.69) is 5.32 Å². The molecule has 0 bridgehead atoms. The first-order valence-corrected chi connectivity index (χ1v) is 6.44. The van der Waals surface area contributed by atoms with E-state index in [4.69, 9.17) is 14.2 Å². The zero-order chi connectivity index (χ0) is 13.7. The van der Waals surface area contributed by atoms with Crippen LogP contribution in [0.3, 0.4) is 0 Å². The third-order valence-corrected chi connectivity index (χ3v) is 3.05. The number of hydrogen-bond acceptors (Lipinski definition) is 5. The summed E-state index contributed by atoms with van der Waals surface area (Å²) < 4.78 is 15.7. The third-order valence-electron chi connectivity index (χ3n) is 3.05. The number of esters is 1. The fraction of sp³-hybridized carbons (Fsp3) is 0.500. The third kappa shape index (κ3) is 3.38. The van der Waals surface area contributed by atoms with E-state index in [1.165, 1.54) is 7.11 Å². The minimum absolute atomic E-state index is 0.236. The maximum Gasteiger partial charge on any atom is 0.322 e. The lowest BCUT2D eigenvalue weighted by Crippen LogP contribution is -2.36. The van der Waals surface area contributed by atoms with Crippen molar-refractivity contribution in [2.45, 2.75) is 25.9 Å². The molecule has 1 aromatic rings. The molecule has 0 amide bonds. The monoisotopic (exact) mass is 265 g/mol. The number of carbonyl (C=O) groups excluding carboxylic acids is 1. The van der Waals surface area contributed by atoms with E-state index in [-0.39, 0.29) is 12.0 Å². The second-order valence-corrected chi connectivity index (χ2v) is 4.34. The SMILES string of the molecule is CCC(NCc1ccc2c(c1)OCCO2)C(=O)OC. The molecule has 5 nitrogen and oxygen atoms in total. The lowest BCUT2D eigenvalue weighted by atomic mass is 10.1. The van der Waals surface area contributed by atoms with Gasteiger partial charge in [0, 0.05) is 6.54 Å². The lowest BCUT2D eigenvalue weighted by molar-refractivity contribution is -0.143. The van der Waals surface area contributed by atoms with E-state index in [0.717, 1.165) is 17.1 Å². The van der Waals surface area contributed by atoms with Crippen LogP contribution in [0, 0.1) is 0 Å². The van der Waals surface area contributed by atoms with Gasteiger partial charge in [0.05, 0.1) is 7.11 Å². The van der Waals surface area contributed by atoms with Crippen molar-refractivity contribution < 1.29 is 19.0 Å². The number of ether oxygens (including phenoxy) is 3. The summed E-state index contributed by atoms with van der Waals surface area (Å²) in [5.74, 6) is 1.30. The Labute approximate surface area is 112 Å². The Morgan fingerprint density at radius 3 is 2.79 bits per heavy atom. The van der Waals surface area contributed by atoms with E-state index in [1.54, 1.807) is 0 Å². The van der Waals surface area contributed by atoms with E-state index in [0.29, 0.717) is 26.2 Å². The van der Waals surface area contributed by atoms with Crippen molar-refractivity contribution in [2.24, 2.45) is 0 Å². The van der Waals surface area contributed by atoms with Crippen molar-refractivity contribution in [3.05, 3.63) is 23.8 Å². The Morgan fingerprint density at radius 2 is 2.11 bits per heavy atom. The maximum absolute atomic E-state index is 11.5. The van der Waals surface area contributed by atoms with Gasteiger partial charge < -0.3 is 19.5 Å². The Hall–Kier alpha value is -1.75. The van der Waals surface area contributed by atoms with Gasteiger partial charge >= 0.3 is 5.97 Å². The second-order valence-electron chi connectivity index (χ2n) is 4.34. The van der Waals surface area contributed by atoms with Crippen LogP contribution in [0.4, 0.5) is 0 Å². The zero-order valence-corrected chi connectivity index (χ0v) is 11.3. The molecular formula is C14H19NO4. The molecule has 1 aromatic carbocycles. The first kappa shape index (κ1) is 13.7. The highest BCUT2D eigenvalue weighted by molar-refractivity contribution is 5.75. The van der Waals surface area contributed by atoms with Crippen LogP contribution in [0.2, 0.25) is 0 Å². The normalized spacial score (nSPS) is 14.8. The topological polar surface area (TPSA) is 56.8 Å². The van der Waals surface area contributed by atoms with Crippen molar-refractivity contribution in [2.75, 3.05) is 20.3 Å². The summed E-state index contributed by atoms with van der Waals surface area (Å²) in [6.07, 6.45) is 0.692. The van der Waals surface area contributed by atoms with Gasteiger partial charge in [0.2, 0.25) is 0 Å². The summed E-state index contributed by atoms with van der Waals surface area (Å²) in [5, 5.41) is 3.17. The van der Waals surface area contributed by atoms with E-state index in [9.17, 15) is 4.79 Å². The van der Waals surface area contributed by atoms with E-state index >= 15 is 0 Å². The Bertz CT molecular complexity index is 447. The predicted octanol–water partition coefficient (Wildman–Crippen LogP) is 1.50. The largest absolute Gasteiger partial charge is 0.486 e. The molecule has 19 heavy (non-hydrogen) atoms. The van der Waals surface area contributed by atoms with Crippen molar-refractivity contribution >= 4 is 5.97 Å². The molecule has 0 aromatic heterocycles. The number of benzene rings is 1. The second kappa shape index (κ2) is 6.43. The number of fused-ring (bicyclic) bond motifs is 1. The molecule has 1 unspecified atom stereocenters. The predicted molar refractivity (Wildman–Crippen MR) is 70.4 cm³/mol. The van der Waals surface area contributed by atoms with Crippen molar-refractivity contribution in [1.29, 1.82) is 0 Å². The average Bonchev–Trinajstić information content (AvgIpc) is 2.47. The van der Waals surface area contributed by atoms with Gasteiger partial charge in [0.15, 0.2) is 11.5 Å². The molecule has 104 valence electrons. The molecule has 0 spiro atoms. The Morgan fingerprint density at radius 1 is 1.37 bits per heavy atom. The molecule has 0 radical (unpaired) electrons. The van der Waals surface area contributed by atoms with Crippen molar-refractivity contribution in [1.82, 2.24) is 5.32 Å². The average molecular weight is 265 g/mol. The fourth-order valence-corrected chi connectivity index (χ4v) is 1.98. The summed E-state index contributed by atoms with van der Waals surface area (Å²) in [4.78, 5) is 11.5. The van der Waals surface area contributed by atoms with Crippen LogP contribution in [0.15, 0.2) is 18.2 Å². The molecular weight excluding hydrogens is 246 g/mol. The molecule has 0 aliphatic carbocycles. The quantitative estimate of drug-likeness (QED) is 0.818. The standard InChI is InChI=1S/C14H19NO4/c1-3-11(14(16)17-2)15-9-10-4-5-12-13(8-10)19-7-6-18-12/h4-5,8,11,15H,3,6-7,9H2,1-2H3. The van der Waals surface area contributed by atoms with Gasteiger partial charge in [-0.1, -0.05) is 13.0 Å². The fourth-order valence-electron chi connectivity index (χ4n) is 1.98. The highest BCUT2D eigenvalue weighted by atomic mass is 16.6. The van der Waals surface area contributed by atoms with Gasteiger partial charge in [-0.15, -0.1) is 0 Å². The van der Waals surface area contributed by atoms with Gasteiger partial charge in [-0.2, -0.15) is 0 Å². The number of rotatable bonds is 5. The minimum Gasteiger partial charge on any atom is -0.486 e. The number of carbonyl (C=O) groups is 1. The minimum atomic E-state index is -0.279. The van der Waals surface area contributed by atoms with Crippen LogP contribution in [0.1, 0.15) is 18.9 Å². The molecule has 1 atom stereocenters. The van der Waals surface area contributed by atoms with Crippen LogP contribution in [-0.4, -0.2) is 32.3 Å². The molecule has 1 aliphatic rings. The molecule has 2 rings (SSSR count). The molecule has 1 heterocycles. The van der Waals surface area contributed by atoms with E-state index < -0.39 is 0 Å². The van der Waals surface area contributed by atoms with Gasteiger partial charge in [0.1, 0.15) is 19.3 Å². The first-order chi connectivity index (χ1) is 9.24. The summed E-state index contributed by atoms with van der Waals surface area (Å²) in [6, 6.07) is 5.51. The highest BCUT2D eigenvalue weighted by Gasteiger charge is 2.17. The van der Waals surface area contributed by atoms with E-state index in [1.807, 2.05) is 25.1 Å². The Balaban J connectivity index is 1.97. The molecule has 0 fully saturated rings. The van der Waals surface area contributed by atoms with Crippen molar-refractivity contribution in [3.8, 4) is 11.5 Å². The van der Waals surface area contributed by atoms with Crippen LogP contribution in [-0.2, 0) is 16.1 Å². The molecule has 1 N–H and O–H groups in total. The number of methoxy groups -OCH3 is 1. The summed E-state index contributed by atoms with van der Waals surface area (Å²) in [7, 11) is 1.40. The maximum atomic E-state index is 11.5. The van der Waals surface area contributed by atoms with Gasteiger partial charge in [-0.25, -0.2) is 0 Å². The molecule has 0 saturated heterocycles. The summed E-state index contributed by atoms with van der Waals surface area (Å²) in [5.41, 5.74) is 1.05. The summed E-state index contributed by atoms with van der Waals surface area (Å²) in [6.45, 7) is 3.69. The van der Waals surface area contributed by atoms with Gasteiger partial charge in [0.25, 0.3) is 0 Å². The van der Waals surface area contributed by atoms with Crippen molar-refractivity contribution in [3.63, 3.8) is 0 Å². The highest BCUT2D eigenvalue weighted by Crippen LogP contribution is 2.30. The van der Waals surface area contributed by atoms with Crippen LogP contribution in [0.25, 0.3) is 0 Å². The lowest BCUT2D eigenvalue weighted by Gasteiger charge is -2.19. The van der Waals surface area contributed by atoms with Crippen LogP contribution < -0.4 is 14.8 Å². The van der Waals surface area contributed by atoms with Gasteiger partial charge in [-0.05, 0) is 24.1 Å². The molecule has 1 aliphatic heterocycles. The first-order valence-electron chi connectivity index (χ1n) is 6.44. The summed E-state index contributed by atoms with van der Waals surface area (Å²) >= 11 is 0. The molecule has 5 heteroatoms. The number of nitrogens with one attached hydrogen (secondary N) is 1. The van der Waals surface area contributed by atoms with Crippen LogP contribution >= 0.6 is 0 Å². The molecule has 0 saturated carbocycles. The number of hydrogen-bond donors (Lipinski definition) is 1. The zero-order valence-electron chi connectivity index (χ0n) is 11.3. The van der Waals surface area contributed by atoms with Gasteiger partial charge in [-0.3, -0.25) is 4.79 Å². The Kier molecular flexibility index (Phi) is 4.63.